The predicted molar refractivity (Wildman–Crippen MR) is 127 cm³/mol. The van der Waals surface area contributed by atoms with E-state index < -0.39 is 11.0 Å². The highest BCUT2D eigenvalue weighted by Crippen LogP contribution is 2.26. The number of aryl methyl sites for hydroxylation is 3. The number of carbonyl (C=O) groups excluding carboxylic acids is 1. The molecule has 0 bridgehead atoms. The van der Waals surface area contributed by atoms with E-state index in [2.05, 4.69) is 41.9 Å². The van der Waals surface area contributed by atoms with Crippen LogP contribution in [0.2, 0.25) is 0 Å². The van der Waals surface area contributed by atoms with Crippen LogP contribution in [0.15, 0.2) is 68.4 Å². The molecule has 0 heterocycles. The summed E-state index contributed by atoms with van der Waals surface area (Å²) >= 11 is 6.79. The zero-order chi connectivity index (χ0) is 21.1. The van der Waals surface area contributed by atoms with Crippen LogP contribution in [0.3, 0.4) is 0 Å². The first-order valence-electron chi connectivity index (χ1n) is 8.87. The van der Waals surface area contributed by atoms with Crippen molar-refractivity contribution in [1.29, 1.82) is 0 Å². The minimum absolute atomic E-state index is 0.287. The average Bonchev–Trinajstić information content (AvgIpc) is 2.64. The molecule has 7 heteroatoms. The summed E-state index contributed by atoms with van der Waals surface area (Å²) < 4.78 is 17.8. The predicted octanol–water partition coefficient (Wildman–Crippen LogP) is 6.52. The lowest BCUT2D eigenvalue weighted by molar-refractivity contribution is 0.102. The van der Waals surface area contributed by atoms with Crippen LogP contribution in [0, 0.1) is 20.8 Å². The van der Waals surface area contributed by atoms with Gasteiger partial charge in [-0.2, -0.15) is 0 Å². The Morgan fingerprint density at radius 3 is 2.07 bits per heavy atom. The molecule has 3 rings (SSSR count). The van der Waals surface area contributed by atoms with Gasteiger partial charge in [0.1, 0.15) is 0 Å². The molecule has 4 nitrogen and oxygen atoms in total. The van der Waals surface area contributed by atoms with Gasteiger partial charge in [-0.25, -0.2) is 4.21 Å². The van der Waals surface area contributed by atoms with Crippen LogP contribution in [0.5, 0.6) is 0 Å². The number of benzene rings is 3. The van der Waals surface area contributed by atoms with E-state index in [1.165, 1.54) is 0 Å². The number of amides is 1. The van der Waals surface area contributed by atoms with E-state index in [1.54, 1.807) is 12.1 Å². The molecule has 29 heavy (non-hydrogen) atoms. The summed E-state index contributed by atoms with van der Waals surface area (Å²) in [5.74, 6) is -0.287. The highest BCUT2D eigenvalue weighted by atomic mass is 79.9. The minimum Gasteiger partial charge on any atom is -0.322 e. The standard InChI is InChI=1S/C22H20Br2N2O2S/c1-13-10-14(2)21(15(3)11-13)29(28)26-20-9-6-17(24)12-19(20)22(27)25-18-7-4-16(23)5-8-18/h4-12,26H,1-3H3,(H,25,27). The van der Waals surface area contributed by atoms with Gasteiger partial charge in [-0.3, -0.25) is 4.79 Å². The SMILES string of the molecule is Cc1cc(C)c(S(=O)Nc2ccc(Br)cc2C(=O)Nc2ccc(Br)cc2)c(C)c1. The second kappa shape index (κ2) is 9.24. The van der Waals surface area contributed by atoms with E-state index in [0.29, 0.717) is 16.9 Å². The number of halogens is 2. The van der Waals surface area contributed by atoms with E-state index in [9.17, 15) is 9.00 Å². The monoisotopic (exact) mass is 534 g/mol. The molecule has 0 spiro atoms. The zero-order valence-electron chi connectivity index (χ0n) is 16.2. The summed E-state index contributed by atoms with van der Waals surface area (Å²) in [6, 6.07) is 16.6. The third kappa shape index (κ3) is 5.35. The summed E-state index contributed by atoms with van der Waals surface area (Å²) in [6.07, 6.45) is 0. The molecule has 1 atom stereocenters. The Bertz CT molecular complexity index is 1080. The van der Waals surface area contributed by atoms with E-state index >= 15 is 0 Å². The highest BCUT2D eigenvalue weighted by molar-refractivity contribution is 9.10. The lowest BCUT2D eigenvalue weighted by Crippen LogP contribution is -2.16. The molecule has 0 aliphatic rings. The van der Waals surface area contributed by atoms with Gasteiger partial charge in [-0.15, -0.1) is 0 Å². The number of anilines is 2. The largest absolute Gasteiger partial charge is 0.322 e. The minimum atomic E-state index is -1.50. The van der Waals surface area contributed by atoms with Gasteiger partial charge in [0.25, 0.3) is 5.91 Å². The normalized spacial score (nSPS) is 11.8. The molecule has 0 fully saturated rings. The van der Waals surface area contributed by atoms with Crippen molar-refractivity contribution in [3.8, 4) is 0 Å². The fourth-order valence-electron chi connectivity index (χ4n) is 3.14. The molecule has 1 unspecified atom stereocenters. The third-order valence-corrected chi connectivity index (χ3v) is 6.76. The second-order valence-corrected chi connectivity index (χ2v) is 9.73. The van der Waals surface area contributed by atoms with Crippen molar-refractivity contribution < 1.29 is 9.00 Å². The molecular formula is C22H20Br2N2O2S. The molecule has 0 saturated heterocycles. The Balaban J connectivity index is 1.90. The van der Waals surface area contributed by atoms with Crippen molar-refractivity contribution in [3.63, 3.8) is 0 Å². The molecule has 0 saturated carbocycles. The maximum Gasteiger partial charge on any atom is 0.257 e. The van der Waals surface area contributed by atoms with Gasteiger partial charge in [0.15, 0.2) is 11.0 Å². The van der Waals surface area contributed by atoms with Crippen molar-refractivity contribution in [2.75, 3.05) is 10.0 Å². The first kappa shape index (κ1) is 21.7. The average molecular weight is 536 g/mol. The lowest BCUT2D eigenvalue weighted by atomic mass is 10.1. The summed E-state index contributed by atoms with van der Waals surface area (Å²) in [7, 11) is -1.50. The van der Waals surface area contributed by atoms with Gasteiger partial charge >= 0.3 is 0 Å². The Morgan fingerprint density at radius 1 is 0.862 bits per heavy atom. The molecule has 1 amide bonds. The van der Waals surface area contributed by atoms with E-state index in [1.807, 2.05) is 63.2 Å². The molecule has 150 valence electrons. The van der Waals surface area contributed by atoms with Crippen LogP contribution in [0.4, 0.5) is 11.4 Å². The van der Waals surface area contributed by atoms with Crippen molar-refractivity contribution >= 4 is 60.1 Å². The van der Waals surface area contributed by atoms with Crippen molar-refractivity contribution in [2.45, 2.75) is 25.7 Å². The number of nitrogens with one attached hydrogen (secondary N) is 2. The number of carbonyl (C=O) groups is 1. The van der Waals surface area contributed by atoms with Gasteiger partial charge in [0, 0.05) is 14.6 Å². The Morgan fingerprint density at radius 2 is 1.45 bits per heavy atom. The van der Waals surface area contributed by atoms with Gasteiger partial charge in [-0.05, 0) is 74.4 Å². The summed E-state index contributed by atoms with van der Waals surface area (Å²) in [5, 5.41) is 2.88. The fourth-order valence-corrected chi connectivity index (χ4v) is 4.94. The van der Waals surface area contributed by atoms with Crippen LogP contribution in [-0.2, 0) is 11.0 Å². The fraction of sp³-hybridized carbons (Fsp3) is 0.136. The Hall–Kier alpha value is -1.96. The maximum absolute atomic E-state index is 13.1. The molecule has 0 radical (unpaired) electrons. The molecule has 2 N–H and O–H groups in total. The number of rotatable bonds is 5. The summed E-state index contributed by atoms with van der Waals surface area (Å²) in [5.41, 5.74) is 4.60. The van der Waals surface area contributed by atoms with Gasteiger partial charge in [0.05, 0.1) is 16.1 Å². The molecule has 3 aromatic rings. The second-order valence-electron chi connectivity index (χ2n) is 6.75. The van der Waals surface area contributed by atoms with Gasteiger partial charge < -0.3 is 10.0 Å². The van der Waals surface area contributed by atoms with E-state index in [0.717, 1.165) is 30.5 Å². The molecule has 0 aromatic heterocycles. The van der Waals surface area contributed by atoms with Crippen LogP contribution < -0.4 is 10.0 Å². The smallest absolute Gasteiger partial charge is 0.257 e. The van der Waals surface area contributed by atoms with Gasteiger partial charge in [-0.1, -0.05) is 49.6 Å². The lowest BCUT2D eigenvalue weighted by Gasteiger charge is -2.15. The zero-order valence-corrected chi connectivity index (χ0v) is 20.2. The first-order valence-corrected chi connectivity index (χ1v) is 11.6. The van der Waals surface area contributed by atoms with Gasteiger partial charge in [0.2, 0.25) is 0 Å². The van der Waals surface area contributed by atoms with Crippen LogP contribution in [0.25, 0.3) is 0 Å². The van der Waals surface area contributed by atoms with Crippen LogP contribution in [0.1, 0.15) is 27.0 Å². The summed E-state index contributed by atoms with van der Waals surface area (Å²) in [6.45, 7) is 5.90. The number of hydrogen-bond donors (Lipinski definition) is 2. The van der Waals surface area contributed by atoms with E-state index in [4.69, 9.17) is 0 Å². The molecule has 0 aliphatic carbocycles. The first-order chi connectivity index (χ1) is 13.7. The van der Waals surface area contributed by atoms with Crippen LogP contribution >= 0.6 is 31.9 Å². The van der Waals surface area contributed by atoms with E-state index in [-0.39, 0.29) is 5.91 Å². The molecule has 0 aliphatic heterocycles. The maximum atomic E-state index is 13.1. The van der Waals surface area contributed by atoms with Crippen molar-refractivity contribution in [2.24, 2.45) is 0 Å². The van der Waals surface area contributed by atoms with Crippen LogP contribution in [-0.4, -0.2) is 10.1 Å². The molecular weight excluding hydrogens is 516 g/mol. The molecule has 3 aromatic carbocycles. The quantitative estimate of drug-likeness (QED) is 0.390. The Labute approximate surface area is 190 Å². The third-order valence-electron chi connectivity index (χ3n) is 4.32. The Kier molecular flexibility index (Phi) is 6.93. The summed E-state index contributed by atoms with van der Waals surface area (Å²) in [4.78, 5) is 13.6. The van der Waals surface area contributed by atoms with Crippen molar-refractivity contribution in [1.82, 2.24) is 0 Å². The topological polar surface area (TPSA) is 58.2 Å². The van der Waals surface area contributed by atoms with Crippen molar-refractivity contribution in [3.05, 3.63) is 85.8 Å². The number of hydrogen-bond acceptors (Lipinski definition) is 2. The highest BCUT2D eigenvalue weighted by Gasteiger charge is 2.17.